The van der Waals surface area contributed by atoms with Gasteiger partial charge in [-0.1, -0.05) is 6.58 Å². The minimum Gasteiger partial charge on any atom is -0.369 e. The highest BCUT2D eigenvalue weighted by atomic mass is 16.2. The first-order valence-electron chi connectivity index (χ1n) is 10.2. The number of nitrogens with two attached hydrogens (primary N) is 1. The second-order valence-electron chi connectivity index (χ2n) is 7.76. The van der Waals surface area contributed by atoms with Crippen LogP contribution >= 0.6 is 0 Å². The highest BCUT2D eigenvalue weighted by Gasteiger charge is 2.24. The Kier molecular flexibility index (Phi) is 5.64. The average Bonchev–Trinajstić information content (AvgIpc) is 3.48. The summed E-state index contributed by atoms with van der Waals surface area (Å²) in [5.41, 5.74) is 6.43. The van der Waals surface area contributed by atoms with Crippen molar-refractivity contribution in [3.63, 3.8) is 0 Å². The molecule has 1 aliphatic heterocycles. The monoisotopic (exact) mass is 410 g/mol. The quantitative estimate of drug-likeness (QED) is 0.564. The van der Waals surface area contributed by atoms with Crippen LogP contribution in [-0.2, 0) is 4.79 Å². The molecular formula is C20H26N8O2. The number of primary amides is 1. The molecule has 1 saturated heterocycles. The minimum atomic E-state index is -0.566. The van der Waals surface area contributed by atoms with E-state index >= 15 is 0 Å². The molecule has 2 aromatic rings. The van der Waals surface area contributed by atoms with E-state index in [4.69, 9.17) is 5.73 Å². The molecule has 0 radical (unpaired) electrons. The molecule has 1 atom stereocenters. The third-order valence-electron chi connectivity index (χ3n) is 5.42. The predicted octanol–water partition coefficient (Wildman–Crippen LogP) is 1.69. The Morgan fingerprint density at radius 1 is 1.30 bits per heavy atom. The van der Waals surface area contributed by atoms with E-state index in [-0.39, 0.29) is 17.5 Å². The van der Waals surface area contributed by atoms with Gasteiger partial charge < -0.3 is 21.3 Å². The second kappa shape index (κ2) is 8.52. The van der Waals surface area contributed by atoms with E-state index in [2.05, 4.69) is 32.3 Å². The topological polar surface area (TPSA) is 131 Å². The molecule has 1 saturated carbocycles. The first-order valence-corrected chi connectivity index (χ1v) is 10.2. The molecule has 4 N–H and O–H groups in total. The van der Waals surface area contributed by atoms with Gasteiger partial charge in [0.05, 0.1) is 23.5 Å². The highest BCUT2D eigenvalue weighted by Crippen LogP contribution is 2.29. The molecular weight excluding hydrogens is 384 g/mol. The molecule has 10 nitrogen and oxygen atoms in total. The van der Waals surface area contributed by atoms with Gasteiger partial charge in [-0.05, 0) is 37.7 Å². The number of nitrogens with zero attached hydrogens (tertiary/aromatic N) is 5. The number of piperidine rings is 1. The number of carbonyl (C=O) groups is 2. The maximum atomic E-state index is 11.9. The predicted molar refractivity (Wildman–Crippen MR) is 112 cm³/mol. The Balaban J connectivity index is 1.45. The van der Waals surface area contributed by atoms with Crippen LogP contribution in [0.3, 0.4) is 0 Å². The summed E-state index contributed by atoms with van der Waals surface area (Å²) in [5, 5.41) is 10.8. The Morgan fingerprint density at radius 3 is 2.87 bits per heavy atom. The van der Waals surface area contributed by atoms with Crippen LogP contribution in [0.1, 0.15) is 42.1 Å². The molecule has 0 spiro atoms. The molecule has 4 rings (SSSR count). The van der Waals surface area contributed by atoms with E-state index in [0.717, 1.165) is 31.6 Å². The Hall–Kier alpha value is -3.43. The third kappa shape index (κ3) is 4.58. The van der Waals surface area contributed by atoms with Crippen LogP contribution in [0.4, 0.5) is 17.5 Å². The van der Waals surface area contributed by atoms with Gasteiger partial charge in [-0.2, -0.15) is 10.1 Å². The molecule has 10 heteroatoms. The standard InChI is InChI=1S/C20H26N8O2/c1-2-17(29)27-7-3-4-15(12-27)28-11-14(9-24-28)25-20-23-10-16(18(21)30)19(26-20)22-8-13-5-6-13/h2,9-11,13,15H,1,3-8,12H2,(H2,21,30)(H2,22,23,25,26)/t15-/m1/s1. The van der Waals surface area contributed by atoms with Gasteiger partial charge in [0.25, 0.3) is 5.91 Å². The van der Waals surface area contributed by atoms with Crippen LogP contribution in [0.5, 0.6) is 0 Å². The smallest absolute Gasteiger partial charge is 0.254 e. The number of rotatable bonds is 8. The number of nitrogens with one attached hydrogen (secondary N) is 2. The van der Waals surface area contributed by atoms with Gasteiger partial charge in [0.2, 0.25) is 11.9 Å². The first kappa shape index (κ1) is 19.9. The molecule has 2 fully saturated rings. The summed E-state index contributed by atoms with van der Waals surface area (Å²) in [7, 11) is 0. The van der Waals surface area contributed by atoms with Crippen molar-refractivity contribution in [3.05, 3.63) is 36.8 Å². The van der Waals surface area contributed by atoms with Crippen LogP contribution in [0.15, 0.2) is 31.2 Å². The van der Waals surface area contributed by atoms with Crippen molar-refractivity contribution in [2.45, 2.75) is 31.7 Å². The molecule has 0 aromatic carbocycles. The van der Waals surface area contributed by atoms with E-state index in [9.17, 15) is 9.59 Å². The van der Waals surface area contributed by atoms with Gasteiger partial charge in [0.1, 0.15) is 5.82 Å². The van der Waals surface area contributed by atoms with E-state index in [1.54, 1.807) is 11.1 Å². The lowest BCUT2D eigenvalue weighted by atomic mass is 10.1. The minimum absolute atomic E-state index is 0.0561. The fraction of sp³-hybridized carbons (Fsp3) is 0.450. The lowest BCUT2D eigenvalue weighted by Crippen LogP contribution is -2.39. The molecule has 1 aliphatic carbocycles. The summed E-state index contributed by atoms with van der Waals surface area (Å²) >= 11 is 0. The summed E-state index contributed by atoms with van der Waals surface area (Å²) in [6.07, 6.45) is 10.6. The van der Waals surface area contributed by atoms with Gasteiger partial charge in [0, 0.05) is 32.0 Å². The van der Waals surface area contributed by atoms with Crippen molar-refractivity contribution in [2.24, 2.45) is 11.7 Å². The fourth-order valence-electron chi connectivity index (χ4n) is 3.55. The van der Waals surface area contributed by atoms with Gasteiger partial charge in [-0.3, -0.25) is 14.3 Å². The van der Waals surface area contributed by atoms with Crippen molar-refractivity contribution in [3.8, 4) is 0 Å². The SMILES string of the molecule is C=CC(=O)N1CCC[C@@H](n2cc(Nc3ncc(C(N)=O)c(NCC4CC4)n3)cn2)C1. The van der Waals surface area contributed by atoms with E-state index in [0.29, 0.717) is 24.2 Å². The average molecular weight is 410 g/mol. The largest absolute Gasteiger partial charge is 0.369 e. The second-order valence-corrected chi connectivity index (χ2v) is 7.76. The van der Waals surface area contributed by atoms with Crippen LogP contribution < -0.4 is 16.4 Å². The van der Waals surface area contributed by atoms with Crippen LogP contribution in [0.2, 0.25) is 0 Å². The Morgan fingerprint density at radius 2 is 2.13 bits per heavy atom. The third-order valence-corrected chi connectivity index (χ3v) is 5.42. The zero-order chi connectivity index (χ0) is 21.1. The summed E-state index contributed by atoms with van der Waals surface area (Å²) < 4.78 is 1.86. The highest BCUT2D eigenvalue weighted by molar-refractivity contribution is 5.97. The lowest BCUT2D eigenvalue weighted by molar-refractivity contribution is -0.127. The Labute approximate surface area is 174 Å². The zero-order valence-electron chi connectivity index (χ0n) is 16.8. The maximum Gasteiger partial charge on any atom is 0.254 e. The molecule has 2 amide bonds. The van der Waals surface area contributed by atoms with E-state index in [1.165, 1.54) is 25.1 Å². The number of hydrogen-bond acceptors (Lipinski definition) is 7. The van der Waals surface area contributed by atoms with Crippen LogP contribution in [-0.4, -0.2) is 56.1 Å². The lowest BCUT2D eigenvalue weighted by Gasteiger charge is -2.32. The molecule has 158 valence electrons. The van der Waals surface area contributed by atoms with Crippen LogP contribution in [0.25, 0.3) is 0 Å². The molecule has 30 heavy (non-hydrogen) atoms. The summed E-state index contributed by atoms with van der Waals surface area (Å²) in [5.74, 6) is 0.788. The van der Waals surface area contributed by atoms with Gasteiger partial charge in [-0.15, -0.1) is 0 Å². The van der Waals surface area contributed by atoms with Crippen LogP contribution in [0, 0.1) is 5.92 Å². The number of hydrogen-bond donors (Lipinski definition) is 3. The summed E-state index contributed by atoms with van der Waals surface area (Å²) in [6, 6.07) is 0.104. The van der Waals surface area contributed by atoms with Crippen molar-refractivity contribution in [1.82, 2.24) is 24.6 Å². The van der Waals surface area contributed by atoms with E-state index in [1.807, 2.05) is 10.9 Å². The van der Waals surface area contributed by atoms with E-state index < -0.39 is 5.91 Å². The van der Waals surface area contributed by atoms with Gasteiger partial charge in [0.15, 0.2) is 0 Å². The molecule has 2 aromatic heterocycles. The maximum absolute atomic E-state index is 11.9. The van der Waals surface area contributed by atoms with Gasteiger partial charge in [-0.25, -0.2) is 4.98 Å². The number of aromatic nitrogens is 4. The normalized spacial score (nSPS) is 18.7. The summed E-state index contributed by atoms with van der Waals surface area (Å²) in [4.78, 5) is 34.0. The molecule has 2 aliphatic rings. The number of carbonyl (C=O) groups excluding carboxylic acids is 2. The van der Waals surface area contributed by atoms with Crippen molar-refractivity contribution >= 4 is 29.3 Å². The molecule has 0 unspecified atom stereocenters. The summed E-state index contributed by atoms with van der Waals surface area (Å²) in [6.45, 7) is 5.67. The number of likely N-dealkylation sites (tertiary alicyclic amines) is 1. The van der Waals surface area contributed by atoms with Crippen molar-refractivity contribution in [1.29, 1.82) is 0 Å². The van der Waals surface area contributed by atoms with Crippen molar-refractivity contribution in [2.75, 3.05) is 30.3 Å². The first-order chi connectivity index (χ1) is 14.5. The van der Waals surface area contributed by atoms with Gasteiger partial charge >= 0.3 is 0 Å². The number of amides is 2. The number of anilines is 3. The molecule has 0 bridgehead atoms. The Bertz CT molecular complexity index is 952. The fourth-order valence-corrected chi connectivity index (χ4v) is 3.55. The zero-order valence-corrected chi connectivity index (χ0v) is 16.8. The molecule has 3 heterocycles. The van der Waals surface area contributed by atoms with Crippen molar-refractivity contribution < 1.29 is 9.59 Å².